The maximum Gasteiger partial charge on any atom is 0.132 e. The number of benzene rings is 1. The third-order valence-corrected chi connectivity index (χ3v) is 2.01. The maximum absolute atomic E-state index is 13.5. The standard InChI is InChI=1S/C11H15F2N/c1-7-4-5-9(12)8(10(7)13)6-11(2,3)14/h4-5H,6,14H2,1-3H3. The summed E-state index contributed by atoms with van der Waals surface area (Å²) in [4.78, 5) is 0. The number of nitrogens with two attached hydrogens (primary N) is 1. The molecule has 14 heavy (non-hydrogen) atoms. The van der Waals surface area contributed by atoms with Crippen molar-refractivity contribution >= 4 is 0 Å². The lowest BCUT2D eigenvalue weighted by atomic mass is 9.94. The molecule has 0 radical (unpaired) electrons. The van der Waals surface area contributed by atoms with Crippen molar-refractivity contribution in [2.24, 2.45) is 5.73 Å². The van der Waals surface area contributed by atoms with Crippen molar-refractivity contribution in [2.75, 3.05) is 0 Å². The zero-order valence-corrected chi connectivity index (χ0v) is 8.70. The highest BCUT2D eigenvalue weighted by atomic mass is 19.1. The minimum absolute atomic E-state index is 0.0810. The van der Waals surface area contributed by atoms with Crippen LogP contribution < -0.4 is 5.73 Å². The van der Waals surface area contributed by atoms with Crippen LogP contribution in [0.3, 0.4) is 0 Å². The first-order valence-electron chi connectivity index (χ1n) is 4.53. The second-order valence-electron chi connectivity index (χ2n) is 4.32. The molecule has 1 aromatic rings. The van der Waals surface area contributed by atoms with E-state index < -0.39 is 17.2 Å². The Morgan fingerprint density at radius 3 is 2.36 bits per heavy atom. The minimum atomic E-state index is -0.602. The molecule has 0 atom stereocenters. The molecule has 78 valence electrons. The lowest BCUT2D eigenvalue weighted by Gasteiger charge is -2.19. The molecule has 3 heteroatoms. The highest BCUT2D eigenvalue weighted by Gasteiger charge is 2.19. The molecule has 0 aliphatic heterocycles. The first kappa shape index (κ1) is 11.1. The Morgan fingerprint density at radius 1 is 1.29 bits per heavy atom. The van der Waals surface area contributed by atoms with Crippen molar-refractivity contribution < 1.29 is 8.78 Å². The summed E-state index contributed by atoms with van der Waals surface area (Å²) in [5.41, 5.74) is 5.65. The molecule has 0 heterocycles. The van der Waals surface area contributed by atoms with Crippen molar-refractivity contribution in [1.82, 2.24) is 0 Å². The van der Waals surface area contributed by atoms with Gasteiger partial charge in [-0.25, -0.2) is 8.78 Å². The van der Waals surface area contributed by atoms with Gasteiger partial charge in [-0.1, -0.05) is 6.07 Å². The van der Waals surface area contributed by atoms with E-state index >= 15 is 0 Å². The van der Waals surface area contributed by atoms with Crippen LogP contribution in [0.1, 0.15) is 25.0 Å². The Balaban J connectivity index is 3.13. The first-order chi connectivity index (χ1) is 6.31. The molecule has 0 spiro atoms. The van der Waals surface area contributed by atoms with Crippen LogP contribution in [0, 0.1) is 18.6 Å². The molecule has 2 N–H and O–H groups in total. The van der Waals surface area contributed by atoms with Crippen molar-refractivity contribution in [1.29, 1.82) is 0 Å². The highest BCUT2D eigenvalue weighted by molar-refractivity contribution is 5.27. The number of halogens is 2. The van der Waals surface area contributed by atoms with E-state index in [1.54, 1.807) is 20.8 Å². The van der Waals surface area contributed by atoms with Crippen LogP contribution >= 0.6 is 0 Å². The Hall–Kier alpha value is -0.960. The highest BCUT2D eigenvalue weighted by Crippen LogP contribution is 2.20. The Morgan fingerprint density at radius 2 is 1.86 bits per heavy atom. The molecule has 0 bridgehead atoms. The van der Waals surface area contributed by atoms with Crippen LogP contribution in [0.4, 0.5) is 8.78 Å². The van der Waals surface area contributed by atoms with E-state index in [0.717, 1.165) is 0 Å². The molecule has 0 aliphatic carbocycles. The van der Waals surface area contributed by atoms with Gasteiger partial charge in [0.05, 0.1) is 0 Å². The van der Waals surface area contributed by atoms with E-state index in [9.17, 15) is 8.78 Å². The molecular formula is C11H15F2N. The van der Waals surface area contributed by atoms with Gasteiger partial charge in [-0.05, 0) is 38.8 Å². The molecule has 0 amide bonds. The lowest BCUT2D eigenvalue weighted by Crippen LogP contribution is -2.35. The number of hydrogen-bond acceptors (Lipinski definition) is 1. The molecule has 0 saturated carbocycles. The largest absolute Gasteiger partial charge is 0.325 e. The van der Waals surface area contributed by atoms with E-state index in [4.69, 9.17) is 5.73 Å². The van der Waals surface area contributed by atoms with Gasteiger partial charge in [0.1, 0.15) is 11.6 Å². The van der Waals surface area contributed by atoms with Crippen LogP contribution in [-0.2, 0) is 6.42 Å². The molecule has 1 nitrogen and oxygen atoms in total. The van der Waals surface area contributed by atoms with Gasteiger partial charge in [0.25, 0.3) is 0 Å². The molecule has 0 saturated heterocycles. The van der Waals surface area contributed by atoms with Crippen molar-refractivity contribution in [3.8, 4) is 0 Å². The normalized spacial score (nSPS) is 11.9. The monoisotopic (exact) mass is 199 g/mol. The van der Waals surface area contributed by atoms with Gasteiger partial charge in [-0.15, -0.1) is 0 Å². The van der Waals surface area contributed by atoms with Gasteiger partial charge < -0.3 is 5.73 Å². The third-order valence-electron chi connectivity index (χ3n) is 2.01. The predicted octanol–water partition coefficient (Wildman–Crippen LogP) is 2.55. The van der Waals surface area contributed by atoms with Gasteiger partial charge in [0, 0.05) is 11.1 Å². The van der Waals surface area contributed by atoms with Gasteiger partial charge in [-0.2, -0.15) is 0 Å². The third kappa shape index (κ3) is 2.51. The Labute approximate surface area is 82.9 Å². The van der Waals surface area contributed by atoms with Gasteiger partial charge in [-0.3, -0.25) is 0 Å². The van der Waals surface area contributed by atoms with E-state index in [-0.39, 0.29) is 12.0 Å². The van der Waals surface area contributed by atoms with E-state index in [0.29, 0.717) is 5.56 Å². The quantitative estimate of drug-likeness (QED) is 0.778. The predicted molar refractivity (Wildman–Crippen MR) is 53.1 cm³/mol. The van der Waals surface area contributed by atoms with E-state index in [2.05, 4.69) is 0 Å². The summed E-state index contributed by atoms with van der Waals surface area (Å²) in [5, 5.41) is 0. The maximum atomic E-state index is 13.5. The van der Waals surface area contributed by atoms with Crippen LogP contribution in [0.2, 0.25) is 0 Å². The van der Waals surface area contributed by atoms with Crippen molar-refractivity contribution in [3.05, 3.63) is 34.9 Å². The second kappa shape index (κ2) is 3.65. The SMILES string of the molecule is Cc1ccc(F)c(CC(C)(C)N)c1F. The summed E-state index contributed by atoms with van der Waals surface area (Å²) < 4.78 is 26.8. The molecule has 1 rings (SSSR count). The Kier molecular flexibility index (Phi) is 2.90. The smallest absolute Gasteiger partial charge is 0.132 e. The molecule has 1 aromatic carbocycles. The van der Waals surface area contributed by atoms with Gasteiger partial charge in [0.15, 0.2) is 0 Å². The number of aryl methyl sites for hydroxylation is 1. The molecule has 0 aromatic heterocycles. The summed E-state index contributed by atoms with van der Waals surface area (Å²) in [6.07, 6.45) is 0.201. The van der Waals surface area contributed by atoms with Gasteiger partial charge in [0.2, 0.25) is 0 Å². The zero-order valence-electron chi connectivity index (χ0n) is 8.70. The number of hydrogen-bond donors (Lipinski definition) is 1. The summed E-state index contributed by atoms with van der Waals surface area (Å²) in [6.45, 7) is 5.10. The first-order valence-corrected chi connectivity index (χ1v) is 4.53. The van der Waals surface area contributed by atoms with Crippen LogP contribution in [0.15, 0.2) is 12.1 Å². The van der Waals surface area contributed by atoms with Crippen LogP contribution in [0.25, 0.3) is 0 Å². The van der Waals surface area contributed by atoms with Crippen molar-refractivity contribution in [3.63, 3.8) is 0 Å². The summed E-state index contributed by atoms with van der Waals surface area (Å²) >= 11 is 0. The summed E-state index contributed by atoms with van der Waals surface area (Å²) in [6, 6.07) is 2.71. The van der Waals surface area contributed by atoms with Crippen LogP contribution in [0.5, 0.6) is 0 Å². The fourth-order valence-corrected chi connectivity index (χ4v) is 1.33. The van der Waals surface area contributed by atoms with Gasteiger partial charge >= 0.3 is 0 Å². The fraction of sp³-hybridized carbons (Fsp3) is 0.455. The topological polar surface area (TPSA) is 26.0 Å². The minimum Gasteiger partial charge on any atom is -0.325 e. The summed E-state index contributed by atoms with van der Waals surface area (Å²) in [7, 11) is 0. The number of rotatable bonds is 2. The molecule has 0 fully saturated rings. The molecule has 0 aliphatic rings. The van der Waals surface area contributed by atoms with Crippen LogP contribution in [-0.4, -0.2) is 5.54 Å². The fourth-order valence-electron chi connectivity index (χ4n) is 1.33. The second-order valence-corrected chi connectivity index (χ2v) is 4.32. The average Bonchev–Trinajstić information content (AvgIpc) is 2.04. The molecular weight excluding hydrogens is 184 g/mol. The van der Waals surface area contributed by atoms with E-state index in [1.807, 2.05) is 0 Å². The average molecular weight is 199 g/mol. The molecule has 0 unspecified atom stereocenters. The van der Waals surface area contributed by atoms with Crippen molar-refractivity contribution in [2.45, 2.75) is 32.7 Å². The lowest BCUT2D eigenvalue weighted by molar-refractivity contribution is 0.471. The zero-order chi connectivity index (χ0) is 10.9. The van der Waals surface area contributed by atoms with E-state index in [1.165, 1.54) is 12.1 Å². The Bertz CT molecular complexity index is 340. The summed E-state index contributed by atoms with van der Waals surface area (Å²) in [5.74, 6) is -1.00.